The molecule has 1 unspecified atom stereocenters. The minimum Gasteiger partial charge on any atom is -0.395 e. The Balaban J connectivity index is 2.56. The molecule has 0 aromatic heterocycles. The maximum absolute atomic E-state index is 10.7. The lowest BCUT2D eigenvalue weighted by molar-refractivity contribution is -0.385. The average Bonchev–Trinajstić information content (AvgIpc) is 2.29. The van der Waals surface area contributed by atoms with Gasteiger partial charge in [0.15, 0.2) is 0 Å². The van der Waals surface area contributed by atoms with Crippen LogP contribution in [-0.2, 0) is 6.42 Å². The molecule has 0 aliphatic heterocycles. The predicted molar refractivity (Wildman–Crippen MR) is 65.8 cm³/mol. The fourth-order valence-corrected chi connectivity index (χ4v) is 2.17. The van der Waals surface area contributed by atoms with Crippen LogP contribution in [0.4, 0.5) is 5.69 Å². The van der Waals surface area contributed by atoms with Crippen molar-refractivity contribution in [2.45, 2.75) is 18.6 Å². The quantitative estimate of drug-likeness (QED) is 0.613. The van der Waals surface area contributed by atoms with E-state index in [2.05, 4.69) is 0 Å². The molecule has 1 aromatic carbocycles. The topological polar surface area (TPSA) is 63.4 Å². The molecule has 0 saturated heterocycles. The molecule has 4 nitrogen and oxygen atoms in total. The number of hydrogen-bond acceptors (Lipinski definition) is 4. The number of aliphatic hydroxyl groups excluding tert-OH is 1. The van der Waals surface area contributed by atoms with Crippen LogP contribution in [0.3, 0.4) is 0 Å². The normalized spacial score (nSPS) is 12.4. The molecule has 88 valence electrons. The second kappa shape index (κ2) is 6.50. The van der Waals surface area contributed by atoms with E-state index < -0.39 is 0 Å². The van der Waals surface area contributed by atoms with Gasteiger partial charge < -0.3 is 5.11 Å². The highest BCUT2D eigenvalue weighted by molar-refractivity contribution is 7.99. The smallest absolute Gasteiger partial charge is 0.272 e. The van der Waals surface area contributed by atoms with Gasteiger partial charge in [-0.05, 0) is 12.2 Å². The Labute approximate surface area is 98.8 Å². The lowest BCUT2D eigenvalue weighted by Crippen LogP contribution is -2.04. The molecule has 0 heterocycles. The van der Waals surface area contributed by atoms with Crippen LogP contribution in [0.5, 0.6) is 0 Å². The molecule has 1 rings (SSSR count). The maximum atomic E-state index is 10.7. The molecule has 1 atom stereocenters. The van der Waals surface area contributed by atoms with Crippen LogP contribution in [0.1, 0.15) is 12.5 Å². The number of benzene rings is 1. The summed E-state index contributed by atoms with van der Waals surface area (Å²) in [6.07, 6.45) is 0.659. The van der Waals surface area contributed by atoms with Crippen molar-refractivity contribution in [3.8, 4) is 0 Å². The van der Waals surface area contributed by atoms with Crippen molar-refractivity contribution in [2.24, 2.45) is 0 Å². The first-order valence-corrected chi connectivity index (χ1v) is 6.14. The summed E-state index contributed by atoms with van der Waals surface area (Å²) in [4.78, 5) is 10.4. The number of nitro groups is 1. The SMILES string of the molecule is CC(CO)SCCc1ccccc1[N+](=O)[O-]. The monoisotopic (exact) mass is 241 g/mol. The second-order valence-corrected chi connectivity index (χ2v) is 5.05. The average molecular weight is 241 g/mol. The fraction of sp³-hybridized carbons (Fsp3) is 0.455. The van der Waals surface area contributed by atoms with Gasteiger partial charge in [-0.2, -0.15) is 11.8 Å². The van der Waals surface area contributed by atoms with Gasteiger partial charge in [0.25, 0.3) is 5.69 Å². The first-order chi connectivity index (χ1) is 7.65. The number of aliphatic hydroxyl groups is 1. The fourth-order valence-electron chi connectivity index (χ4n) is 1.32. The van der Waals surface area contributed by atoms with Crippen LogP contribution in [0.2, 0.25) is 0 Å². The molecule has 0 saturated carbocycles. The van der Waals surface area contributed by atoms with E-state index in [1.54, 1.807) is 23.9 Å². The van der Waals surface area contributed by atoms with Crippen LogP contribution in [0, 0.1) is 10.1 Å². The van der Waals surface area contributed by atoms with Crippen LogP contribution in [0.25, 0.3) is 0 Å². The van der Waals surface area contributed by atoms with Gasteiger partial charge >= 0.3 is 0 Å². The van der Waals surface area contributed by atoms with Crippen molar-refractivity contribution in [3.63, 3.8) is 0 Å². The molecule has 0 fully saturated rings. The van der Waals surface area contributed by atoms with E-state index in [1.807, 2.05) is 13.0 Å². The van der Waals surface area contributed by atoms with Crippen molar-refractivity contribution < 1.29 is 10.0 Å². The first-order valence-electron chi connectivity index (χ1n) is 5.10. The van der Waals surface area contributed by atoms with E-state index in [0.29, 0.717) is 6.42 Å². The maximum Gasteiger partial charge on any atom is 0.272 e. The first kappa shape index (κ1) is 13.0. The minimum atomic E-state index is -0.352. The van der Waals surface area contributed by atoms with Gasteiger partial charge in [0.2, 0.25) is 0 Å². The Morgan fingerprint density at radius 1 is 1.50 bits per heavy atom. The number of aryl methyl sites for hydroxylation is 1. The van der Waals surface area contributed by atoms with Gasteiger partial charge in [-0.3, -0.25) is 10.1 Å². The molecule has 0 bridgehead atoms. The number of rotatable bonds is 6. The number of nitro benzene ring substituents is 1. The number of para-hydroxylation sites is 1. The number of thioether (sulfide) groups is 1. The van der Waals surface area contributed by atoms with Gasteiger partial charge in [0.05, 0.1) is 11.5 Å². The molecule has 0 aliphatic carbocycles. The van der Waals surface area contributed by atoms with Crippen LogP contribution < -0.4 is 0 Å². The third-order valence-corrected chi connectivity index (χ3v) is 3.38. The molecule has 1 aromatic rings. The Kier molecular flexibility index (Phi) is 5.28. The summed E-state index contributed by atoms with van der Waals surface area (Å²) < 4.78 is 0. The zero-order valence-electron chi connectivity index (χ0n) is 9.13. The largest absolute Gasteiger partial charge is 0.395 e. The summed E-state index contributed by atoms with van der Waals surface area (Å²) in [5, 5.41) is 19.8. The van der Waals surface area contributed by atoms with E-state index in [-0.39, 0.29) is 22.5 Å². The van der Waals surface area contributed by atoms with E-state index in [1.165, 1.54) is 6.07 Å². The standard InChI is InChI=1S/C11H15NO3S/c1-9(8-13)16-7-6-10-4-2-3-5-11(10)12(14)15/h2-5,9,13H,6-8H2,1H3. The molecular formula is C11H15NO3S. The Hall–Kier alpha value is -1.07. The van der Waals surface area contributed by atoms with Crippen molar-refractivity contribution in [1.82, 2.24) is 0 Å². The van der Waals surface area contributed by atoms with Gasteiger partial charge in [0, 0.05) is 16.9 Å². The van der Waals surface area contributed by atoms with Crippen molar-refractivity contribution in [3.05, 3.63) is 39.9 Å². The Morgan fingerprint density at radius 2 is 2.19 bits per heavy atom. The van der Waals surface area contributed by atoms with Gasteiger partial charge in [-0.15, -0.1) is 0 Å². The van der Waals surface area contributed by atoms with Crippen molar-refractivity contribution in [2.75, 3.05) is 12.4 Å². The highest BCUT2D eigenvalue weighted by atomic mass is 32.2. The summed E-state index contributed by atoms with van der Waals surface area (Å²) in [5.74, 6) is 0.784. The van der Waals surface area contributed by atoms with Crippen LogP contribution >= 0.6 is 11.8 Å². The molecular weight excluding hydrogens is 226 g/mol. The molecule has 0 spiro atoms. The molecule has 16 heavy (non-hydrogen) atoms. The number of nitrogens with zero attached hydrogens (tertiary/aromatic N) is 1. The predicted octanol–water partition coefficient (Wildman–Crippen LogP) is 2.25. The summed E-state index contributed by atoms with van der Waals surface area (Å²) in [7, 11) is 0. The summed E-state index contributed by atoms with van der Waals surface area (Å²) in [6.45, 7) is 2.08. The third-order valence-electron chi connectivity index (χ3n) is 2.22. The highest BCUT2D eigenvalue weighted by Crippen LogP contribution is 2.20. The van der Waals surface area contributed by atoms with Gasteiger partial charge in [-0.1, -0.05) is 25.1 Å². The zero-order chi connectivity index (χ0) is 12.0. The molecule has 1 N–H and O–H groups in total. The van der Waals surface area contributed by atoms with Crippen molar-refractivity contribution in [1.29, 1.82) is 0 Å². The molecule has 0 amide bonds. The molecule has 0 aliphatic rings. The molecule has 5 heteroatoms. The van der Waals surface area contributed by atoms with E-state index in [4.69, 9.17) is 5.11 Å². The Morgan fingerprint density at radius 3 is 2.81 bits per heavy atom. The van der Waals surface area contributed by atoms with Gasteiger partial charge in [-0.25, -0.2) is 0 Å². The van der Waals surface area contributed by atoms with Crippen molar-refractivity contribution >= 4 is 17.4 Å². The van der Waals surface area contributed by atoms with Crippen LogP contribution in [0.15, 0.2) is 24.3 Å². The zero-order valence-corrected chi connectivity index (χ0v) is 9.94. The van der Waals surface area contributed by atoms with E-state index >= 15 is 0 Å². The number of hydrogen-bond donors (Lipinski definition) is 1. The molecule has 0 radical (unpaired) electrons. The van der Waals surface area contributed by atoms with Gasteiger partial charge in [0.1, 0.15) is 0 Å². The Bertz CT molecular complexity index is 357. The lowest BCUT2D eigenvalue weighted by atomic mass is 10.1. The second-order valence-electron chi connectivity index (χ2n) is 3.50. The summed E-state index contributed by atoms with van der Waals surface area (Å²) in [6, 6.07) is 6.78. The summed E-state index contributed by atoms with van der Waals surface area (Å²) >= 11 is 1.62. The minimum absolute atomic E-state index is 0.140. The third kappa shape index (κ3) is 3.83. The van der Waals surface area contributed by atoms with Crippen LogP contribution in [-0.4, -0.2) is 27.6 Å². The van der Waals surface area contributed by atoms with E-state index in [9.17, 15) is 10.1 Å². The highest BCUT2D eigenvalue weighted by Gasteiger charge is 2.12. The van der Waals surface area contributed by atoms with E-state index in [0.717, 1.165) is 11.3 Å². The lowest BCUT2D eigenvalue weighted by Gasteiger charge is -2.07. The summed E-state index contributed by atoms with van der Waals surface area (Å²) in [5.41, 5.74) is 0.935.